The summed E-state index contributed by atoms with van der Waals surface area (Å²) in [6.45, 7) is 0. The second-order valence-corrected chi connectivity index (χ2v) is 20.3. The van der Waals surface area contributed by atoms with Crippen molar-refractivity contribution in [2.45, 2.75) is 24.7 Å². The van der Waals surface area contributed by atoms with E-state index in [1.807, 2.05) is 6.07 Å². The Balaban J connectivity index is 1.15. The van der Waals surface area contributed by atoms with E-state index in [1.54, 1.807) is 103 Å². The molecule has 18 heteroatoms. The van der Waals surface area contributed by atoms with Crippen molar-refractivity contribution in [1.82, 2.24) is 0 Å². The average Bonchev–Trinajstić information content (AvgIpc) is 0.734. The fourth-order valence-electron chi connectivity index (χ4n) is 10.5. The zero-order valence-corrected chi connectivity index (χ0v) is 44.9. The lowest BCUT2D eigenvalue weighted by molar-refractivity contribution is -0.138. The summed E-state index contributed by atoms with van der Waals surface area (Å²) in [6.07, 6.45) is -18.5. The highest BCUT2D eigenvalue weighted by Crippen LogP contribution is 2.54. The normalized spacial score (nSPS) is 12.2. The predicted molar refractivity (Wildman–Crippen MR) is 307 cm³/mol. The Bertz CT molecular complexity index is 4540. The molecule has 0 saturated carbocycles. The third-order valence-electron chi connectivity index (χ3n) is 14.5. The van der Waals surface area contributed by atoms with Crippen LogP contribution in [0, 0.1) is 11.6 Å². The molecule has 0 fully saturated rings. The van der Waals surface area contributed by atoms with Crippen molar-refractivity contribution in [1.29, 1.82) is 0 Å². The molecule has 0 spiro atoms. The molecular weight excluding hydrogens is 1170 g/mol. The monoisotopic (exact) mass is 1210 g/mol. The van der Waals surface area contributed by atoms with Crippen LogP contribution in [0.1, 0.15) is 22.3 Å². The average molecular weight is 1210 g/mol. The Morgan fingerprint density at radius 3 is 0.886 bits per heavy atom. The van der Waals surface area contributed by atoms with Gasteiger partial charge in [0.05, 0.1) is 22.3 Å². The third kappa shape index (κ3) is 12.1. The van der Waals surface area contributed by atoms with Gasteiger partial charge in [0.1, 0.15) is 57.6 Å². The van der Waals surface area contributed by atoms with Gasteiger partial charge in [-0.1, -0.05) is 54.6 Å². The van der Waals surface area contributed by atoms with E-state index in [0.717, 1.165) is 72.8 Å². The van der Waals surface area contributed by atoms with E-state index in [0.29, 0.717) is 76.8 Å². The lowest BCUT2D eigenvalue weighted by Crippen LogP contribution is -2.04. The van der Waals surface area contributed by atoms with Crippen LogP contribution in [0.4, 0.5) is 61.5 Å². The van der Waals surface area contributed by atoms with Crippen LogP contribution >= 0.6 is 0 Å². The zero-order valence-electron chi connectivity index (χ0n) is 44.9. The van der Waals surface area contributed by atoms with Crippen LogP contribution in [0.5, 0.6) is 46.0 Å². The first kappa shape index (κ1) is 58.0. The summed E-state index contributed by atoms with van der Waals surface area (Å²) in [6, 6.07) is 50.7. The quantitative estimate of drug-likeness (QED) is 0.0902. The highest BCUT2D eigenvalue weighted by atomic mass is 19.4. The molecule has 0 heterocycles. The lowest BCUT2D eigenvalue weighted by Gasteiger charge is -2.25. The Kier molecular flexibility index (Phi) is 14.8. The van der Waals surface area contributed by atoms with Crippen LogP contribution in [0.2, 0.25) is 0 Å². The molecule has 0 aliphatic rings. The van der Waals surface area contributed by atoms with Crippen LogP contribution in [-0.4, -0.2) is 0 Å². The maximum atomic E-state index is 15.3. The molecule has 0 amide bonds. The topological polar surface area (TPSA) is 36.9 Å². The van der Waals surface area contributed by atoms with E-state index in [2.05, 4.69) is 0 Å². The SMILES string of the molecule is Fc1ccc(-c2c3cc4cc(Oc5ccc(C(F)(F)F)cc5)ccc4c(-c4ccc(Oc5ccc(C(F)(F)F)cc5)cc4)c3c(-c3ccc(F)cc3)c3cc(Oc4ccc(C(F)(F)F)cc4)cc(-c4ccc(Oc5ccc(C(F)(F)F)cc5)cc4)c23)cc1. The van der Waals surface area contributed by atoms with Crippen LogP contribution in [0.25, 0.3) is 76.8 Å². The summed E-state index contributed by atoms with van der Waals surface area (Å²) < 4.78 is 219. The molecular formula is C70H38F14O4. The van der Waals surface area contributed by atoms with E-state index < -0.39 is 58.6 Å². The first-order chi connectivity index (χ1) is 41.9. The van der Waals surface area contributed by atoms with Crippen molar-refractivity contribution in [3.8, 4) is 90.5 Å². The molecule has 0 aliphatic carbocycles. The molecule has 0 aromatic heterocycles. The minimum absolute atomic E-state index is 0.000995. The van der Waals surface area contributed by atoms with Gasteiger partial charge < -0.3 is 18.9 Å². The van der Waals surface area contributed by atoms with E-state index in [-0.39, 0.29) is 46.0 Å². The first-order valence-corrected chi connectivity index (χ1v) is 26.6. The molecule has 12 aromatic carbocycles. The van der Waals surface area contributed by atoms with E-state index >= 15 is 8.78 Å². The van der Waals surface area contributed by atoms with Gasteiger partial charge in [-0.15, -0.1) is 0 Å². The Hall–Kier alpha value is -10.4. The van der Waals surface area contributed by atoms with Crippen LogP contribution in [0.3, 0.4) is 0 Å². The Labute approximate surface area is 490 Å². The Morgan fingerprint density at radius 1 is 0.227 bits per heavy atom. The van der Waals surface area contributed by atoms with Gasteiger partial charge in [0, 0.05) is 0 Å². The van der Waals surface area contributed by atoms with E-state index in [4.69, 9.17) is 18.9 Å². The number of fused-ring (bicyclic) bond motifs is 3. The van der Waals surface area contributed by atoms with Crippen molar-refractivity contribution < 1.29 is 80.4 Å². The number of hydrogen-bond donors (Lipinski definition) is 0. The first-order valence-electron chi connectivity index (χ1n) is 26.6. The number of hydrogen-bond acceptors (Lipinski definition) is 4. The van der Waals surface area contributed by atoms with Crippen molar-refractivity contribution in [2.24, 2.45) is 0 Å². The summed E-state index contributed by atoms with van der Waals surface area (Å²) in [5.41, 5.74) is 0.0909. The van der Waals surface area contributed by atoms with Crippen molar-refractivity contribution in [3.63, 3.8) is 0 Å². The second kappa shape index (κ2) is 22.5. The zero-order chi connectivity index (χ0) is 61.9. The third-order valence-corrected chi connectivity index (χ3v) is 14.5. The minimum Gasteiger partial charge on any atom is -0.457 e. The lowest BCUT2D eigenvalue weighted by atomic mass is 9.79. The van der Waals surface area contributed by atoms with Crippen molar-refractivity contribution in [2.75, 3.05) is 0 Å². The van der Waals surface area contributed by atoms with Crippen LogP contribution in [0.15, 0.2) is 231 Å². The van der Waals surface area contributed by atoms with Gasteiger partial charge in [0.15, 0.2) is 0 Å². The molecule has 0 radical (unpaired) electrons. The van der Waals surface area contributed by atoms with Gasteiger partial charge in [0.25, 0.3) is 0 Å². The van der Waals surface area contributed by atoms with Gasteiger partial charge in [-0.25, -0.2) is 8.78 Å². The number of benzene rings is 12. The molecule has 0 saturated heterocycles. The molecule has 0 N–H and O–H groups in total. The maximum absolute atomic E-state index is 15.3. The summed E-state index contributed by atoms with van der Waals surface area (Å²) in [7, 11) is 0. The van der Waals surface area contributed by atoms with Gasteiger partial charge in [-0.3, -0.25) is 0 Å². The van der Waals surface area contributed by atoms with Crippen LogP contribution < -0.4 is 18.9 Å². The number of rotatable bonds is 12. The van der Waals surface area contributed by atoms with Crippen LogP contribution in [-0.2, 0) is 24.7 Å². The Morgan fingerprint density at radius 2 is 0.511 bits per heavy atom. The number of ether oxygens (including phenoxy) is 4. The molecule has 0 bridgehead atoms. The predicted octanol–water partition coefficient (Wildman–Crippen LogP) is 23.3. The fraction of sp³-hybridized carbons (Fsp3) is 0.0571. The second-order valence-electron chi connectivity index (χ2n) is 20.3. The summed E-state index contributed by atoms with van der Waals surface area (Å²) >= 11 is 0. The fourth-order valence-corrected chi connectivity index (χ4v) is 10.5. The molecule has 0 aliphatic heterocycles. The minimum atomic E-state index is -4.68. The molecule has 0 unspecified atom stereocenters. The van der Waals surface area contributed by atoms with Crippen molar-refractivity contribution >= 4 is 32.3 Å². The number of halogens is 14. The molecule has 12 aromatic rings. The molecule has 4 nitrogen and oxygen atoms in total. The number of alkyl halides is 12. The van der Waals surface area contributed by atoms with Gasteiger partial charge >= 0.3 is 24.7 Å². The highest BCUT2D eigenvalue weighted by molar-refractivity contribution is 6.31. The summed E-state index contributed by atoms with van der Waals surface area (Å²) in [5.74, 6) is -0.204. The van der Waals surface area contributed by atoms with Gasteiger partial charge in [0.2, 0.25) is 0 Å². The van der Waals surface area contributed by atoms with Gasteiger partial charge in [-0.2, -0.15) is 52.7 Å². The molecule has 0 atom stereocenters. The van der Waals surface area contributed by atoms with E-state index in [1.165, 1.54) is 48.5 Å². The maximum Gasteiger partial charge on any atom is 0.416 e. The highest BCUT2D eigenvalue weighted by Gasteiger charge is 2.33. The smallest absolute Gasteiger partial charge is 0.416 e. The molecule has 440 valence electrons. The molecule has 88 heavy (non-hydrogen) atoms. The van der Waals surface area contributed by atoms with Crippen molar-refractivity contribution in [3.05, 3.63) is 264 Å². The summed E-state index contributed by atoms with van der Waals surface area (Å²) in [4.78, 5) is 0. The van der Waals surface area contributed by atoms with Gasteiger partial charge in [-0.05, 0) is 253 Å². The largest absolute Gasteiger partial charge is 0.457 e. The summed E-state index contributed by atoms with van der Waals surface area (Å²) in [5, 5.41) is 2.91. The standard InChI is InChI=1S/C70H38F14O4/c71-48-17-1-40(2-18-48)63-60-36-43-35-56(87-54-29-13-46(14-30-54)69(79,80)81)33-34-58(43)62(42-7-23-51(24-8-42)86-53-27-11-45(12-28-53)68(76,77)78)66(60)64(41-3-19-49(72)20-4-41)61-38-57(88-55-31-15-47(16-32-55)70(82,83)84)37-59(65(61)63)39-5-21-50(22-6-39)85-52-25-9-44(10-26-52)67(73,74)75/h1-38H. The molecule has 12 rings (SSSR count). The van der Waals surface area contributed by atoms with E-state index in [9.17, 15) is 52.7 Å².